The van der Waals surface area contributed by atoms with Crippen LogP contribution in [0.15, 0.2) is 4.47 Å². The quantitative estimate of drug-likeness (QED) is 0.902. The first-order valence-corrected chi connectivity index (χ1v) is 6.93. The molecule has 0 aliphatic heterocycles. The molecule has 2 nitrogen and oxygen atoms in total. The van der Waals surface area contributed by atoms with E-state index in [2.05, 4.69) is 22.9 Å². The standard InChI is InChI=1S/C14H19BrO2/c1-8-10-6-4-5-7-11(10)13(15)14(17-3)12(8)9(2)16/h9,16H,4-7H2,1-3H3. The molecule has 0 radical (unpaired) electrons. The summed E-state index contributed by atoms with van der Waals surface area (Å²) in [4.78, 5) is 0. The average molecular weight is 299 g/mol. The van der Waals surface area contributed by atoms with Crippen molar-refractivity contribution in [1.29, 1.82) is 0 Å². The van der Waals surface area contributed by atoms with E-state index >= 15 is 0 Å². The van der Waals surface area contributed by atoms with Crippen LogP contribution in [0, 0.1) is 6.92 Å². The fourth-order valence-electron chi connectivity index (χ4n) is 2.85. The minimum Gasteiger partial charge on any atom is -0.495 e. The van der Waals surface area contributed by atoms with Crippen molar-refractivity contribution in [3.63, 3.8) is 0 Å². The highest BCUT2D eigenvalue weighted by atomic mass is 79.9. The summed E-state index contributed by atoms with van der Waals surface area (Å²) in [5.74, 6) is 0.804. The third-order valence-corrected chi connectivity index (χ3v) is 4.49. The van der Waals surface area contributed by atoms with Gasteiger partial charge in [-0.15, -0.1) is 0 Å². The first-order valence-electron chi connectivity index (χ1n) is 6.13. The SMILES string of the molecule is COc1c(Br)c2c(c(C)c1C(C)O)CCCC2. The van der Waals surface area contributed by atoms with Gasteiger partial charge in [-0.2, -0.15) is 0 Å². The zero-order valence-corrected chi connectivity index (χ0v) is 12.2. The third kappa shape index (κ3) is 2.11. The van der Waals surface area contributed by atoms with E-state index in [1.54, 1.807) is 14.0 Å². The number of aliphatic hydroxyl groups excluding tert-OH is 1. The molecule has 0 fully saturated rings. The lowest BCUT2D eigenvalue weighted by Crippen LogP contribution is -2.11. The van der Waals surface area contributed by atoms with Crippen molar-refractivity contribution in [3.8, 4) is 5.75 Å². The second-order valence-corrected chi connectivity index (χ2v) is 5.52. The molecule has 0 amide bonds. The van der Waals surface area contributed by atoms with Gasteiger partial charge in [0.05, 0.1) is 17.7 Å². The molecule has 0 saturated heterocycles. The molecular weight excluding hydrogens is 280 g/mol. The lowest BCUT2D eigenvalue weighted by molar-refractivity contribution is 0.193. The van der Waals surface area contributed by atoms with Crippen LogP contribution in [-0.4, -0.2) is 12.2 Å². The van der Waals surface area contributed by atoms with Crippen molar-refractivity contribution in [2.24, 2.45) is 0 Å². The van der Waals surface area contributed by atoms with Gasteiger partial charge in [0.2, 0.25) is 0 Å². The van der Waals surface area contributed by atoms with Gasteiger partial charge in [-0.1, -0.05) is 0 Å². The Morgan fingerprint density at radius 3 is 2.35 bits per heavy atom. The maximum atomic E-state index is 9.94. The van der Waals surface area contributed by atoms with Crippen LogP contribution in [0.3, 0.4) is 0 Å². The molecule has 1 aromatic rings. The largest absolute Gasteiger partial charge is 0.495 e. The molecule has 1 aliphatic rings. The van der Waals surface area contributed by atoms with Gasteiger partial charge in [0.25, 0.3) is 0 Å². The smallest absolute Gasteiger partial charge is 0.139 e. The summed E-state index contributed by atoms with van der Waals surface area (Å²) in [6.45, 7) is 3.90. The number of benzene rings is 1. The summed E-state index contributed by atoms with van der Waals surface area (Å²) < 4.78 is 6.52. The molecular formula is C14H19BrO2. The molecule has 0 spiro atoms. The van der Waals surface area contributed by atoms with Gasteiger partial charge in [0, 0.05) is 5.56 Å². The molecule has 2 rings (SSSR count). The molecule has 0 bridgehead atoms. The summed E-state index contributed by atoms with van der Waals surface area (Å²) >= 11 is 3.64. The Balaban J connectivity index is 2.72. The minimum atomic E-state index is -0.492. The third-order valence-electron chi connectivity index (χ3n) is 3.66. The zero-order valence-electron chi connectivity index (χ0n) is 10.6. The normalized spacial score (nSPS) is 16.5. The molecule has 94 valence electrons. The Morgan fingerprint density at radius 1 is 1.24 bits per heavy atom. The number of methoxy groups -OCH3 is 1. The number of aliphatic hydroxyl groups is 1. The summed E-state index contributed by atoms with van der Waals surface area (Å²) in [5, 5.41) is 9.94. The Kier molecular flexibility index (Phi) is 3.79. The van der Waals surface area contributed by atoms with Gasteiger partial charge in [-0.25, -0.2) is 0 Å². The van der Waals surface area contributed by atoms with E-state index in [4.69, 9.17) is 4.74 Å². The molecule has 1 aliphatic carbocycles. The summed E-state index contributed by atoms with van der Waals surface area (Å²) in [5.41, 5.74) is 4.91. The molecule has 0 heterocycles. The van der Waals surface area contributed by atoms with Crippen molar-refractivity contribution >= 4 is 15.9 Å². The molecule has 1 aromatic carbocycles. The first kappa shape index (κ1) is 12.9. The van der Waals surface area contributed by atoms with Gasteiger partial charge in [0.1, 0.15) is 5.75 Å². The van der Waals surface area contributed by atoms with Crippen molar-refractivity contribution in [1.82, 2.24) is 0 Å². The van der Waals surface area contributed by atoms with Crippen LogP contribution in [0.4, 0.5) is 0 Å². The lowest BCUT2D eigenvalue weighted by Gasteiger charge is -2.26. The minimum absolute atomic E-state index is 0.492. The van der Waals surface area contributed by atoms with Crippen molar-refractivity contribution in [2.45, 2.75) is 45.6 Å². The molecule has 3 heteroatoms. The molecule has 17 heavy (non-hydrogen) atoms. The number of hydrogen-bond acceptors (Lipinski definition) is 2. The second-order valence-electron chi connectivity index (χ2n) is 4.73. The van der Waals surface area contributed by atoms with Crippen LogP contribution in [0.25, 0.3) is 0 Å². The molecule has 1 N–H and O–H groups in total. The van der Waals surface area contributed by atoms with Gasteiger partial charge in [0.15, 0.2) is 0 Å². The Hall–Kier alpha value is -0.540. The maximum absolute atomic E-state index is 9.94. The number of fused-ring (bicyclic) bond motifs is 1. The fraction of sp³-hybridized carbons (Fsp3) is 0.571. The van der Waals surface area contributed by atoms with E-state index in [0.29, 0.717) is 0 Å². The number of rotatable bonds is 2. The average Bonchev–Trinajstić information content (AvgIpc) is 2.33. The topological polar surface area (TPSA) is 29.5 Å². The van der Waals surface area contributed by atoms with Crippen LogP contribution in [0.1, 0.15) is 48.1 Å². The van der Waals surface area contributed by atoms with Gasteiger partial charge >= 0.3 is 0 Å². The lowest BCUT2D eigenvalue weighted by atomic mass is 9.85. The van der Waals surface area contributed by atoms with Gasteiger partial charge in [-0.05, 0) is 72.2 Å². The maximum Gasteiger partial charge on any atom is 0.139 e. The monoisotopic (exact) mass is 298 g/mol. The van der Waals surface area contributed by atoms with E-state index in [9.17, 15) is 5.11 Å². The Bertz CT molecular complexity index is 439. The van der Waals surface area contributed by atoms with E-state index in [-0.39, 0.29) is 0 Å². The number of hydrogen-bond donors (Lipinski definition) is 1. The first-order chi connectivity index (χ1) is 8.07. The van der Waals surface area contributed by atoms with E-state index in [0.717, 1.165) is 28.6 Å². The molecule has 1 atom stereocenters. The number of ether oxygens (including phenoxy) is 1. The van der Waals surface area contributed by atoms with Gasteiger partial charge in [-0.3, -0.25) is 0 Å². The number of halogens is 1. The van der Waals surface area contributed by atoms with E-state index < -0.39 is 6.10 Å². The Morgan fingerprint density at radius 2 is 1.82 bits per heavy atom. The van der Waals surface area contributed by atoms with Crippen LogP contribution in [0.5, 0.6) is 5.75 Å². The van der Waals surface area contributed by atoms with E-state index in [1.165, 1.54) is 29.5 Å². The summed E-state index contributed by atoms with van der Waals surface area (Å²) in [6, 6.07) is 0. The summed E-state index contributed by atoms with van der Waals surface area (Å²) in [7, 11) is 1.67. The van der Waals surface area contributed by atoms with Crippen LogP contribution < -0.4 is 4.74 Å². The molecule has 0 aromatic heterocycles. The highest BCUT2D eigenvalue weighted by molar-refractivity contribution is 9.10. The van der Waals surface area contributed by atoms with Gasteiger partial charge < -0.3 is 9.84 Å². The van der Waals surface area contributed by atoms with E-state index in [1.807, 2.05) is 0 Å². The molecule has 0 saturated carbocycles. The van der Waals surface area contributed by atoms with Crippen LogP contribution in [-0.2, 0) is 12.8 Å². The Labute approximate surface area is 111 Å². The fourth-order valence-corrected chi connectivity index (χ4v) is 3.67. The highest BCUT2D eigenvalue weighted by Gasteiger charge is 2.24. The predicted molar refractivity (Wildman–Crippen MR) is 72.7 cm³/mol. The highest BCUT2D eigenvalue weighted by Crippen LogP contribution is 2.43. The van der Waals surface area contributed by atoms with Crippen molar-refractivity contribution < 1.29 is 9.84 Å². The summed E-state index contributed by atoms with van der Waals surface area (Å²) in [6.07, 6.45) is 4.21. The van der Waals surface area contributed by atoms with Crippen molar-refractivity contribution in [2.75, 3.05) is 7.11 Å². The van der Waals surface area contributed by atoms with Crippen LogP contribution >= 0.6 is 15.9 Å². The zero-order chi connectivity index (χ0) is 12.6. The predicted octanol–water partition coefficient (Wildman–Crippen LogP) is 3.70. The second kappa shape index (κ2) is 4.99. The molecule has 1 unspecified atom stereocenters. The van der Waals surface area contributed by atoms with Crippen molar-refractivity contribution in [3.05, 3.63) is 26.7 Å². The van der Waals surface area contributed by atoms with Crippen LogP contribution in [0.2, 0.25) is 0 Å².